The monoisotopic (exact) mass is 246 g/mol. The van der Waals surface area contributed by atoms with Gasteiger partial charge in [0.05, 0.1) is 26.2 Å². The Hall–Kier alpha value is -0.950. The van der Waals surface area contributed by atoms with Crippen LogP contribution in [0.15, 0.2) is 12.1 Å². The summed E-state index contributed by atoms with van der Waals surface area (Å²) in [5.41, 5.74) is 0. The topological polar surface area (TPSA) is 87.0 Å². The minimum atomic E-state index is -1.20. The average Bonchev–Trinajstić information content (AvgIpc) is 2.76. The number of ether oxygens (including phenoxy) is 1. The van der Waals surface area contributed by atoms with Gasteiger partial charge in [-0.2, -0.15) is 0 Å². The summed E-state index contributed by atoms with van der Waals surface area (Å²) in [4.78, 5) is 12.1. The molecule has 2 atom stereocenters. The number of carbonyl (C=O) groups excluding carboxylic acids is 1. The highest BCUT2D eigenvalue weighted by molar-refractivity contribution is 7.12. The molecule has 0 saturated heterocycles. The Kier molecular flexibility index (Phi) is 4.88. The van der Waals surface area contributed by atoms with Gasteiger partial charge in [-0.05, 0) is 12.1 Å². The summed E-state index contributed by atoms with van der Waals surface area (Å²) in [5, 5.41) is 28.1. The van der Waals surface area contributed by atoms with Gasteiger partial charge in [-0.1, -0.05) is 0 Å². The van der Waals surface area contributed by atoms with E-state index in [1.807, 2.05) is 0 Å². The lowest BCUT2D eigenvalue weighted by molar-refractivity contribution is -0.144. The standard InChI is InChI=1S/C10H14O5S/c1-15-9(13)4-7(12)10(14)8-3-2-6(5-11)16-8/h2-3,7,10-12,14H,4-5H2,1H3. The van der Waals surface area contributed by atoms with Crippen molar-refractivity contribution in [1.29, 1.82) is 0 Å². The largest absolute Gasteiger partial charge is 0.469 e. The van der Waals surface area contributed by atoms with Gasteiger partial charge >= 0.3 is 5.97 Å². The smallest absolute Gasteiger partial charge is 0.308 e. The second-order valence-electron chi connectivity index (χ2n) is 3.25. The van der Waals surface area contributed by atoms with Crippen LogP contribution < -0.4 is 0 Å². The maximum atomic E-state index is 10.9. The summed E-state index contributed by atoms with van der Waals surface area (Å²) in [5.74, 6) is -0.578. The van der Waals surface area contributed by atoms with Crippen molar-refractivity contribution in [2.45, 2.75) is 25.2 Å². The molecule has 0 aromatic carbocycles. The second kappa shape index (κ2) is 5.95. The van der Waals surface area contributed by atoms with E-state index in [0.717, 1.165) is 0 Å². The summed E-state index contributed by atoms with van der Waals surface area (Å²) in [6.07, 6.45) is -2.59. The summed E-state index contributed by atoms with van der Waals surface area (Å²) >= 11 is 1.19. The summed E-state index contributed by atoms with van der Waals surface area (Å²) in [6.45, 7) is -0.107. The van der Waals surface area contributed by atoms with Crippen molar-refractivity contribution < 1.29 is 24.9 Å². The first kappa shape index (κ1) is 13.1. The first-order valence-corrected chi connectivity index (χ1v) is 5.52. The van der Waals surface area contributed by atoms with Crippen molar-refractivity contribution in [3.8, 4) is 0 Å². The minimum absolute atomic E-state index is 0.107. The molecule has 1 rings (SSSR count). The lowest BCUT2D eigenvalue weighted by Gasteiger charge is -2.15. The Bertz CT molecular complexity index is 349. The van der Waals surface area contributed by atoms with Crippen molar-refractivity contribution in [2.24, 2.45) is 0 Å². The SMILES string of the molecule is COC(=O)CC(O)C(O)c1ccc(CO)s1. The van der Waals surface area contributed by atoms with Crippen LogP contribution in [-0.4, -0.2) is 34.5 Å². The van der Waals surface area contributed by atoms with Crippen LogP contribution in [0.25, 0.3) is 0 Å². The predicted molar refractivity (Wildman–Crippen MR) is 57.8 cm³/mol. The number of thiophene rings is 1. The Labute approximate surface area is 96.9 Å². The van der Waals surface area contributed by atoms with E-state index in [1.54, 1.807) is 12.1 Å². The van der Waals surface area contributed by atoms with E-state index in [2.05, 4.69) is 4.74 Å². The molecule has 1 aromatic rings. The van der Waals surface area contributed by atoms with Crippen molar-refractivity contribution in [3.63, 3.8) is 0 Å². The zero-order valence-electron chi connectivity index (χ0n) is 8.79. The van der Waals surface area contributed by atoms with Crippen LogP contribution in [0, 0.1) is 0 Å². The summed E-state index contributed by atoms with van der Waals surface area (Å²) in [6, 6.07) is 3.27. The van der Waals surface area contributed by atoms with E-state index in [1.165, 1.54) is 18.4 Å². The van der Waals surface area contributed by atoms with Crippen molar-refractivity contribution >= 4 is 17.3 Å². The third kappa shape index (κ3) is 3.28. The van der Waals surface area contributed by atoms with E-state index in [4.69, 9.17) is 5.11 Å². The van der Waals surface area contributed by atoms with E-state index in [0.29, 0.717) is 9.75 Å². The molecule has 0 fully saturated rings. The van der Waals surface area contributed by atoms with Gasteiger partial charge in [0.2, 0.25) is 0 Å². The number of hydrogen-bond donors (Lipinski definition) is 3. The molecule has 0 aliphatic carbocycles. The van der Waals surface area contributed by atoms with Crippen molar-refractivity contribution in [1.82, 2.24) is 0 Å². The fourth-order valence-corrected chi connectivity index (χ4v) is 2.11. The molecule has 1 aromatic heterocycles. The first-order chi connectivity index (χ1) is 7.58. The number of aliphatic hydroxyl groups excluding tert-OH is 3. The van der Waals surface area contributed by atoms with Crippen LogP contribution >= 0.6 is 11.3 Å². The Morgan fingerprint density at radius 3 is 2.69 bits per heavy atom. The van der Waals surface area contributed by atoms with Crippen LogP contribution in [0.5, 0.6) is 0 Å². The van der Waals surface area contributed by atoms with Gasteiger partial charge in [0.15, 0.2) is 0 Å². The average molecular weight is 246 g/mol. The second-order valence-corrected chi connectivity index (χ2v) is 4.45. The molecule has 6 heteroatoms. The molecule has 3 N–H and O–H groups in total. The number of hydrogen-bond acceptors (Lipinski definition) is 6. The van der Waals surface area contributed by atoms with Gasteiger partial charge in [0.25, 0.3) is 0 Å². The quantitative estimate of drug-likeness (QED) is 0.646. The lowest BCUT2D eigenvalue weighted by atomic mass is 10.1. The lowest BCUT2D eigenvalue weighted by Crippen LogP contribution is -2.21. The fourth-order valence-electron chi connectivity index (χ4n) is 1.19. The van der Waals surface area contributed by atoms with E-state index >= 15 is 0 Å². The number of rotatable bonds is 5. The molecule has 0 amide bonds. The molecule has 0 aliphatic heterocycles. The highest BCUT2D eigenvalue weighted by Crippen LogP contribution is 2.26. The highest BCUT2D eigenvalue weighted by atomic mass is 32.1. The van der Waals surface area contributed by atoms with Crippen LogP contribution in [0.1, 0.15) is 22.3 Å². The molecule has 16 heavy (non-hydrogen) atoms. The van der Waals surface area contributed by atoms with Gasteiger partial charge in [-0.3, -0.25) is 4.79 Å². The van der Waals surface area contributed by atoms with Gasteiger partial charge < -0.3 is 20.1 Å². The predicted octanol–water partition coefficient (Wildman–Crippen LogP) is 0.198. The maximum Gasteiger partial charge on any atom is 0.308 e. The summed E-state index contributed by atoms with van der Waals surface area (Å²) < 4.78 is 4.39. The molecule has 0 aliphatic rings. The van der Waals surface area contributed by atoms with Gasteiger partial charge in [0, 0.05) is 9.75 Å². The number of carbonyl (C=O) groups is 1. The number of methoxy groups -OCH3 is 1. The number of aliphatic hydroxyl groups is 3. The molecule has 90 valence electrons. The van der Waals surface area contributed by atoms with Crippen molar-refractivity contribution in [2.75, 3.05) is 7.11 Å². The third-order valence-electron chi connectivity index (χ3n) is 2.10. The van der Waals surface area contributed by atoms with E-state index in [-0.39, 0.29) is 13.0 Å². The van der Waals surface area contributed by atoms with E-state index in [9.17, 15) is 15.0 Å². The van der Waals surface area contributed by atoms with Crippen LogP contribution in [0.4, 0.5) is 0 Å². The van der Waals surface area contributed by atoms with Gasteiger partial charge in [-0.15, -0.1) is 11.3 Å². The zero-order chi connectivity index (χ0) is 12.1. The molecule has 0 saturated carbocycles. The van der Waals surface area contributed by atoms with Gasteiger partial charge in [-0.25, -0.2) is 0 Å². The molecular weight excluding hydrogens is 232 g/mol. The molecule has 0 spiro atoms. The molecule has 2 unspecified atom stereocenters. The Morgan fingerprint density at radius 1 is 1.50 bits per heavy atom. The van der Waals surface area contributed by atoms with Crippen LogP contribution in [0.2, 0.25) is 0 Å². The Balaban J connectivity index is 2.62. The fraction of sp³-hybridized carbons (Fsp3) is 0.500. The van der Waals surface area contributed by atoms with Crippen LogP contribution in [0.3, 0.4) is 0 Å². The van der Waals surface area contributed by atoms with Gasteiger partial charge in [0.1, 0.15) is 6.10 Å². The van der Waals surface area contributed by atoms with Crippen molar-refractivity contribution in [3.05, 3.63) is 21.9 Å². The molecule has 0 bridgehead atoms. The maximum absolute atomic E-state index is 10.9. The zero-order valence-corrected chi connectivity index (χ0v) is 9.61. The summed E-state index contributed by atoms with van der Waals surface area (Å²) in [7, 11) is 1.22. The van der Waals surface area contributed by atoms with E-state index < -0.39 is 18.2 Å². The molecule has 5 nitrogen and oxygen atoms in total. The molecule has 0 radical (unpaired) electrons. The first-order valence-electron chi connectivity index (χ1n) is 4.71. The normalized spacial score (nSPS) is 14.5. The molecule has 1 heterocycles. The molecular formula is C10H14O5S. The number of esters is 1. The minimum Gasteiger partial charge on any atom is -0.469 e. The Morgan fingerprint density at radius 2 is 2.19 bits per heavy atom. The highest BCUT2D eigenvalue weighted by Gasteiger charge is 2.23. The van der Waals surface area contributed by atoms with Crippen LogP contribution in [-0.2, 0) is 16.1 Å². The third-order valence-corrected chi connectivity index (χ3v) is 3.24.